The SMILES string of the molecule is CC(C)c1n[nH]c2nn3cc(OCCCN4CCOCC4)cc(N4CCN(c5ccc(S(C)(=O)=O)cc5)CC4)c3c12. The molecule has 0 saturated carbocycles. The fourth-order valence-corrected chi connectivity index (χ4v) is 6.41. The van der Waals surface area contributed by atoms with E-state index in [4.69, 9.17) is 14.6 Å². The lowest BCUT2D eigenvalue weighted by Crippen LogP contribution is -2.46. The summed E-state index contributed by atoms with van der Waals surface area (Å²) in [5, 5.41) is 13.6. The summed E-state index contributed by atoms with van der Waals surface area (Å²) in [4.78, 5) is 7.46. The van der Waals surface area contributed by atoms with E-state index in [0.29, 0.717) is 11.5 Å². The summed E-state index contributed by atoms with van der Waals surface area (Å²) in [5.74, 6) is 1.06. The third kappa shape index (κ3) is 5.86. The number of ether oxygens (including phenoxy) is 2. The van der Waals surface area contributed by atoms with Gasteiger partial charge in [0.1, 0.15) is 11.3 Å². The van der Waals surface area contributed by atoms with E-state index < -0.39 is 9.84 Å². The number of pyridine rings is 1. The molecule has 12 heteroatoms. The van der Waals surface area contributed by atoms with Gasteiger partial charge in [-0.15, -0.1) is 5.10 Å². The minimum Gasteiger partial charge on any atom is -0.492 e. The molecule has 0 bridgehead atoms. The maximum absolute atomic E-state index is 11.9. The summed E-state index contributed by atoms with van der Waals surface area (Å²) in [6.45, 7) is 12.8. The minimum atomic E-state index is -3.21. The van der Waals surface area contributed by atoms with E-state index in [1.165, 1.54) is 6.26 Å². The van der Waals surface area contributed by atoms with Gasteiger partial charge < -0.3 is 19.3 Å². The molecule has 3 aromatic heterocycles. The summed E-state index contributed by atoms with van der Waals surface area (Å²) in [6.07, 6.45) is 4.16. The molecule has 5 heterocycles. The number of benzene rings is 1. The summed E-state index contributed by atoms with van der Waals surface area (Å²) in [5.41, 5.74) is 4.96. The van der Waals surface area contributed by atoms with Gasteiger partial charge >= 0.3 is 0 Å². The second-order valence-electron chi connectivity index (χ2n) is 11.2. The van der Waals surface area contributed by atoms with Crippen LogP contribution in [0, 0.1) is 0 Å². The highest BCUT2D eigenvalue weighted by molar-refractivity contribution is 7.90. The van der Waals surface area contributed by atoms with Crippen molar-refractivity contribution in [3.8, 4) is 5.75 Å². The van der Waals surface area contributed by atoms with Crippen LogP contribution in [0.5, 0.6) is 5.75 Å². The van der Waals surface area contributed by atoms with E-state index in [1.54, 1.807) is 12.1 Å². The molecule has 0 spiro atoms. The standard InChI is InChI=1S/C29H39N7O4S/c1-21(2)27-26-28-25(35-12-10-34(11-13-35)22-5-7-24(8-6-22)41(3,37)38)19-23(20-36(28)32-29(26)31-30-27)40-16-4-9-33-14-17-39-18-15-33/h5-8,19-21H,4,9-18H2,1-3H3,(H,31,32). The summed E-state index contributed by atoms with van der Waals surface area (Å²) in [6, 6.07) is 9.33. The topological polar surface area (TPSA) is 108 Å². The average Bonchev–Trinajstić information content (AvgIpc) is 3.54. The molecule has 0 radical (unpaired) electrons. The number of rotatable bonds is 9. The number of anilines is 2. The quantitative estimate of drug-likeness (QED) is 0.298. The second kappa shape index (κ2) is 11.5. The molecule has 2 saturated heterocycles. The average molecular weight is 582 g/mol. The zero-order valence-corrected chi connectivity index (χ0v) is 24.9. The van der Waals surface area contributed by atoms with E-state index in [1.807, 2.05) is 22.8 Å². The van der Waals surface area contributed by atoms with Crippen molar-refractivity contribution in [3.05, 3.63) is 42.2 Å². The van der Waals surface area contributed by atoms with Crippen molar-refractivity contribution in [1.82, 2.24) is 24.7 Å². The number of fused-ring (bicyclic) bond motifs is 3. The Morgan fingerprint density at radius 1 is 1.02 bits per heavy atom. The number of morpholine rings is 1. The Balaban J connectivity index is 1.23. The van der Waals surface area contributed by atoms with Gasteiger partial charge in [-0.25, -0.2) is 12.9 Å². The molecular weight excluding hydrogens is 542 g/mol. The van der Waals surface area contributed by atoms with E-state index in [0.717, 1.165) is 105 Å². The van der Waals surface area contributed by atoms with E-state index in [-0.39, 0.29) is 5.92 Å². The first-order chi connectivity index (χ1) is 19.8. The van der Waals surface area contributed by atoms with Crippen LogP contribution in [-0.4, -0.2) is 105 Å². The summed E-state index contributed by atoms with van der Waals surface area (Å²) >= 11 is 0. The van der Waals surface area contributed by atoms with Gasteiger partial charge in [0.15, 0.2) is 15.5 Å². The number of piperazine rings is 1. The molecule has 1 aromatic carbocycles. The first-order valence-corrected chi connectivity index (χ1v) is 16.3. The molecule has 1 N–H and O–H groups in total. The molecule has 0 amide bonds. The Labute approximate surface area is 240 Å². The van der Waals surface area contributed by atoms with Crippen LogP contribution in [0.3, 0.4) is 0 Å². The van der Waals surface area contributed by atoms with E-state index >= 15 is 0 Å². The van der Waals surface area contributed by atoms with Crippen molar-refractivity contribution in [2.75, 3.05) is 81.7 Å². The van der Waals surface area contributed by atoms with Crippen LogP contribution in [0.4, 0.5) is 11.4 Å². The molecular formula is C29H39N7O4S. The van der Waals surface area contributed by atoms with Gasteiger partial charge in [-0.3, -0.25) is 10.00 Å². The van der Waals surface area contributed by atoms with Crippen molar-refractivity contribution in [2.24, 2.45) is 0 Å². The second-order valence-corrected chi connectivity index (χ2v) is 13.3. The number of H-pyrrole nitrogens is 1. The fraction of sp³-hybridized carbons (Fsp3) is 0.517. The third-order valence-corrected chi connectivity index (χ3v) is 9.14. The molecule has 2 aliphatic rings. The predicted octanol–water partition coefficient (Wildman–Crippen LogP) is 3.17. The lowest BCUT2D eigenvalue weighted by atomic mass is 10.1. The Kier molecular flexibility index (Phi) is 7.80. The molecule has 6 rings (SSSR count). The van der Waals surface area contributed by atoms with Crippen LogP contribution >= 0.6 is 0 Å². The highest BCUT2D eigenvalue weighted by Crippen LogP contribution is 2.36. The highest BCUT2D eigenvalue weighted by Gasteiger charge is 2.25. The van der Waals surface area contributed by atoms with Crippen LogP contribution < -0.4 is 14.5 Å². The Morgan fingerprint density at radius 2 is 1.73 bits per heavy atom. The molecule has 4 aromatic rings. The molecule has 41 heavy (non-hydrogen) atoms. The van der Waals surface area contributed by atoms with Gasteiger partial charge in [-0.1, -0.05) is 13.8 Å². The lowest BCUT2D eigenvalue weighted by Gasteiger charge is -2.37. The molecule has 0 unspecified atom stereocenters. The Morgan fingerprint density at radius 3 is 2.41 bits per heavy atom. The number of aromatic amines is 1. The van der Waals surface area contributed by atoms with Gasteiger partial charge in [0, 0.05) is 63.8 Å². The smallest absolute Gasteiger partial charge is 0.178 e. The Bertz CT molecular complexity index is 1600. The monoisotopic (exact) mass is 581 g/mol. The van der Waals surface area contributed by atoms with Crippen LogP contribution in [0.1, 0.15) is 31.9 Å². The zero-order valence-electron chi connectivity index (χ0n) is 24.0. The van der Waals surface area contributed by atoms with E-state index in [2.05, 4.69) is 44.8 Å². The van der Waals surface area contributed by atoms with Gasteiger partial charge in [-0.05, 0) is 36.6 Å². The molecule has 0 atom stereocenters. The van der Waals surface area contributed by atoms with Crippen molar-refractivity contribution >= 4 is 37.8 Å². The van der Waals surface area contributed by atoms with Crippen LogP contribution in [0.15, 0.2) is 41.4 Å². The lowest BCUT2D eigenvalue weighted by molar-refractivity contribution is 0.0358. The maximum atomic E-state index is 11.9. The van der Waals surface area contributed by atoms with Crippen molar-refractivity contribution in [2.45, 2.75) is 31.1 Å². The summed E-state index contributed by atoms with van der Waals surface area (Å²) < 4.78 is 37.4. The number of aromatic nitrogens is 4. The first-order valence-electron chi connectivity index (χ1n) is 14.4. The number of nitrogens with one attached hydrogen (secondary N) is 1. The molecule has 220 valence electrons. The van der Waals surface area contributed by atoms with Crippen molar-refractivity contribution in [3.63, 3.8) is 0 Å². The fourth-order valence-electron chi connectivity index (χ4n) is 5.77. The van der Waals surface area contributed by atoms with Crippen LogP contribution in [0.25, 0.3) is 16.6 Å². The molecule has 2 aliphatic heterocycles. The zero-order chi connectivity index (χ0) is 28.6. The largest absolute Gasteiger partial charge is 0.492 e. The highest BCUT2D eigenvalue weighted by atomic mass is 32.2. The predicted molar refractivity (Wildman–Crippen MR) is 160 cm³/mol. The molecule has 2 fully saturated rings. The number of hydrogen-bond acceptors (Lipinski definition) is 9. The number of hydrogen-bond donors (Lipinski definition) is 1. The third-order valence-electron chi connectivity index (χ3n) is 8.01. The van der Waals surface area contributed by atoms with Gasteiger partial charge in [0.2, 0.25) is 0 Å². The first kappa shape index (κ1) is 27.8. The van der Waals surface area contributed by atoms with Gasteiger partial charge in [-0.2, -0.15) is 5.10 Å². The van der Waals surface area contributed by atoms with Gasteiger partial charge in [0.25, 0.3) is 0 Å². The van der Waals surface area contributed by atoms with Crippen LogP contribution in [-0.2, 0) is 14.6 Å². The normalized spacial score (nSPS) is 17.3. The van der Waals surface area contributed by atoms with Crippen molar-refractivity contribution in [1.29, 1.82) is 0 Å². The molecule has 0 aliphatic carbocycles. The van der Waals surface area contributed by atoms with Crippen LogP contribution in [0.2, 0.25) is 0 Å². The number of nitrogens with zero attached hydrogens (tertiary/aromatic N) is 6. The minimum absolute atomic E-state index is 0.257. The number of sulfone groups is 1. The maximum Gasteiger partial charge on any atom is 0.178 e. The molecule has 11 nitrogen and oxygen atoms in total. The van der Waals surface area contributed by atoms with Crippen molar-refractivity contribution < 1.29 is 17.9 Å². The van der Waals surface area contributed by atoms with E-state index in [9.17, 15) is 8.42 Å². The summed E-state index contributed by atoms with van der Waals surface area (Å²) in [7, 11) is -3.21. The Hall–Kier alpha value is -3.35. The van der Waals surface area contributed by atoms with Gasteiger partial charge in [0.05, 0.1) is 47.7 Å².